The Hall–Kier alpha value is -5.20. The van der Waals surface area contributed by atoms with E-state index in [1.54, 1.807) is 49.3 Å². The molecule has 11 nitrogen and oxygen atoms in total. The van der Waals surface area contributed by atoms with E-state index in [-0.39, 0.29) is 30.3 Å². The number of nitrogens with zero attached hydrogens (tertiary/aromatic N) is 3. The summed E-state index contributed by atoms with van der Waals surface area (Å²) >= 11 is 1.22. The van der Waals surface area contributed by atoms with Gasteiger partial charge < -0.3 is 28.6 Å². The number of hydrogen-bond acceptors (Lipinski definition) is 10. The molecule has 48 heavy (non-hydrogen) atoms. The number of fused-ring (bicyclic) bond motifs is 1. The Morgan fingerprint density at radius 2 is 1.77 bits per heavy atom. The SMILES string of the molecule is CCOC(=O)C1=C(c2ccccc2)N=c2s/c(=C/c3ccc(OCC(=O)N4CCOCC4)c(OC)c3)c(=O)n2[C@@H]1c1cccc(OC)c1. The quantitative estimate of drug-likeness (QED) is 0.237. The Morgan fingerprint density at radius 3 is 2.50 bits per heavy atom. The average Bonchev–Trinajstić information content (AvgIpc) is 3.44. The van der Waals surface area contributed by atoms with Crippen molar-refractivity contribution in [3.63, 3.8) is 0 Å². The third-order valence-corrected chi connectivity index (χ3v) is 8.97. The van der Waals surface area contributed by atoms with Crippen LogP contribution in [0.1, 0.15) is 29.7 Å². The van der Waals surface area contributed by atoms with Gasteiger partial charge in [-0.05, 0) is 48.4 Å². The summed E-state index contributed by atoms with van der Waals surface area (Å²) in [6, 6.07) is 21.1. The molecule has 3 aromatic carbocycles. The molecule has 2 aliphatic heterocycles. The fourth-order valence-electron chi connectivity index (χ4n) is 5.66. The van der Waals surface area contributed by atoms with Crippen molar-refractivity contribution in [2.24, 2.45) is 4.99 Å². The van der Waals surface area contributed by atoms with E-state index < -0.39 is 12.0 Å². The van der Waals surface area contributed by atoms with Crippen LogP contribution in [0.4, 0.5) is 0 Å². The number of morpholine rings is 1. The van der Waals surface area contributed by atoms with Gasteiger partial charge in [0.25, 0.3) is 11.5 Å². The molecular weight excluding hydrogens is 634 g/mol. The van der Waals surface area contributed by atoms with Gasteiger partial charge in [-0.25, -0.2) is 9.79 Å². The zero-order valence-electron chi connectivity index (χ0n) is 26.8. The van der Waals surface area contributed by atoms with Crippen molar-refractivity contribution in [1.82, 2.24) is 9.47 Å². The van der Waals surface area contributed by atoms with Crippen LogP contribution in [0, 0.1) is 0 Å². The number of ether oxygens (including phenoxy) is 5. The first-order chi connectivity index (χ1) is 23.4. The number of esters is 1. The van der Waals surface area contributed by atoms with Crippen LogP contribution < -0.4 is 29.1 Å². The van der Waals surface area contributed by atoms with Gasteiger partial charge in [-0.1, -0.05) is 59.9 Å². The second-order valence-electron chi connectivity index (χ2n) is 10.9. The molecule has 1 atom stereocenters. The molecule has 2 aliphatic rings. The largest absolute Gasteiger partial charge is 0.497 e. The summed E-state index contributed by atoms with van der Waals surface area (Å²) < 4.78 is 29.7. The Morgan fingerprint density at radius 1 is 0.979 bits per heavy atom. The van der Waals surface area contributed by atoms with E-state index in [0.717, 1.165) is 5.56 Å². The Labute approximate surface area is 280 Å². The molecule has 0 saturated carbocycles. The minimum absolute atomic E-state index is 0.131. The Kier molecular flexibility index (Phi) is 10.0. The van der Waals surface area contributed by atoms with Crippen LogP contribution >= 0.6 is 11.3 Å². The van der Waals surface area contributed by atoms with Crippen molar-refractivity contribution in [1.29, 1.82) is 0 Å². The molecule has 4 aromatic rings. The van der Waals surface area contributed by atoms with Crippen LogP contribution in [0.5, 0.6) is 17.2 Å². The summed E-state index contributed by atoms with van der Waals surface area (Å²) in [6.45, 7) is 3.83. The van der Waals surface area contributed by atoms with Crippen LogP contribution in [0.2, 0.25) is 0 Å². The lowest BCUT2D eigenvalue weighted by Gasteiger charge is -2.26. The van der Waals surface area contributed by atoms with Crippen LogP contribution in [0.25, 0.3) is 11.8 Å². The zero-order valence-corrected chi connectivity index (χ0v) is 27.7. The Balaban J connectivity index is 1.43. The van der Waals surface area contributed by atoms with Gasteiger partial charge in [0.1, 0.15) is 5.75 Å². The highest BCUT2D eigenvalue weighted by Gasteiger charge is 2.35. The summed E-state index contributed by atoms with van der Waals surface area (Å²) in [5.74, 6) is 0.707. The molecule has 12 heteroatoms. The molecule has 1 fully saturated rings. The molecule has 0 unspecified atom stereocenters. The molecule has 1 amide bonds. The number of hydrogen-bond donors (Lipinski definition) is 0. The topological polar surface area (TPSA) is 118 Å². The van der Waals surface area contributed by atoms with Crippen molar-refractivity contribution in [3.05, 3.63) is 115 Å². The van der Waals surface area contributed by atoms with Gasteiger partial charge in [0.15, 0.2) is 22.9 Å². The fourth-order valence-corrected chi connectivity index (χ4v) is 6.66. The van der Waals surface area contributed by atoms with Gasteiger partial charge >= 0.3 is 5.97 Å². The number of carbonyl (C=O) groups is 2. The zero-order chi connectivity index (χ0) is 33.6. The monoisotopic (exact) mass is 669 g/mol. The van der Waals surface area contributed by atoms with Gasteiger partial charge in [-0.3, -0.25) is 14.2 Å². The number of thiazole rings is 1. The molecule has 0 bridgehead atoms. The molecule has 248 valence electrons. The maximum Gasteiger partial charge on any atom is 0.338 e. The second-order valence-corrected chi connectivity index (χ2v) is 11.9. The van der Waals surface area contributed by atoms with Crippen molar-refractivity contribution in [2.45, 2.75) is 13.0 Å². The fraction of sp³-hybridized carbons (Fsp3) is 0.278. The van der Waals surface area contributed by atoms with E-state index in [1.807, 2.05) is 48.5 Å². The van der Waals surface area contributed by atoms with Gasteiger partial charge in [-0.15, -0.1) is 0 Å². The molecule has 6 rings (SSSR count). The van der Waals surface area contributed by atoms with E-state index in [0.29, 0.717) is 69.7 Å². The summed E-state index contributed by atoms with van der Waals surface area (Å²) in [4.78, 5) is 47.6. The normalized spacial score (nSPS) is 16.2. The molecule has 1 aromatic heterocycles. The Bertz CT molecular complexity index is 2030. The molecule has 0 spiro atoms. The number of benzene rings is 3. The molecular formula is C36H35N3O8S. The highest BCUT2D eigenvalue weighted by molar-refractivity contribution is 7.07. The number of carbonyl (C=O) groups excluding carboxylic acids is 2. The van der Waals surface area contributed by atoms with E-state index >= 15 is 0 Å². The molecule has 3 heterocycles. The lowest BCUT2D eigenvalue weighted by molar-refractivity contribution is -0.139. The second kappa shape index (κ2) is 14.7. The molecule has 1 saturated heterocycles. The van der Waals surface area contributed by atoms with Crippen molar-refractivity contribution in [3.8, 4) is 17.2 Å². The molecule has 0 radical (unpaired) electrons. The predicted octanol–water partition coefficient (Wildman–Crippen LogP) is 3.19. The van der Waals surface area contributed by atoms with Crippen LogP contribution in [-0.2, 0) is 19.1 Å². The van der Waals surface area contributed by atoms with Crippen molar-refractivity contribution >= 4 is 35.0 Å². The molecule has 0 N–H and O–H groups in total. The standard InChI is InChI=1S/C36H35N3O8S/c1-4-46-35(42)31-32(24-9-6-5-7-10-24)37-36-39(33(31)25-11-8-12-26(21-25)43-2)34(41)29(48-36)20-23-13-14-27(28(19-23)44-3)47-22-30(40)38-15-17-45-18-16-38/h5-14,19-21,33H,4,15-18,22H2,1-3H3/b29-20+/t33-/m1/s1. The lowest BCUT2D eigenvalue weighted by atomic mass is 9.93. The highest BCUT2D eigenvalue weighted by atomic mass is 32.1. The maximum atomic E-state index is 14.2. The van der Waals surface area contributed by atoms with E-state index in [9.17, 15) is 14.4 Å². The maximum absolute atomic E-state index is 14.2. The predicted molar refractivity (Wildman–Crippen MR) is 180 cm³/mol. The highest BCUT2D eigenvalue weighted by Crippen LogP contribution is 2.36. The number of amides is 1. The van der Waals surface area contributed by atoms with Crippen molar-refractivity contribution < 1.29 is 33.3 Å². The van der Waals surface area contributed by atoms with E-state index in [2.05, 4.69) is 0 Å². The van der Waals surface area contributed by atoms with Crippen molar-refractivity contribution in [2.75, 3.05) is 53.7 Å². The summed E-state index contributed by atoms with van der Waals surface area (Å²) in [7, 11) is 3.08. The summed E-state index contributed by atoms with van der Waals surface area (Å²) in [5.41, 5.74) is 2.43. The van der Waals surface area contributed by atoms with Crippen LogP contribution in [-0.4, -0.2) is 75.1 Å². The van der Waals surface area contributed by atoms with Crippen LogP contribution in [0.3, 0.4) is 0 Å². The van der Waals surface area contributed by atoms with Gasteiger partial charge in [0.2, 0.25) is 0 Å². The smallest absolute Gasteiger partial charge is 0.338 e. The minimum atomic E-state index is -0.831. The first kappa shape index (κ1) is 32.7. The first-order valence-electron chi connectivity index (χ1n) is 15.5. The first-order valence-corrected chi connectivity index (χ1v) is 16.3. The van der Waals surface area contributed by atoms with Crippen LogP contribution in [0.15, 0.2) is 88.2 Å². The average molecular weight is 670 g/mol. The minimum Gasteiger partial charge on any atom is -0.497 e. The van der Waals surface area contributed by atoms with E-state index in [4.69, 9.17) is 28.7 Å². The third kappa shape index (κ3) is 6.76. The molecule has 0 aliphatic carbocycles. The summed E-state index contributed by atoms with van der Waals surface area (Å²) in [6.07, 6.45) is 1.74. The number of methoxy groups -OCH3 is 2. The third-order valence-electron chi connectivity index (χ3n) is 7.98. The van der Waals surface area contributed by atoms with E-state index in [1.165, 1.54) is 23.0 Å². The van der Waals surface area contributed by atoms with Gasteiger partial charge in [0.05, 0.1) is 55.9 Å². The lowest BCUT2D eigenvalue weighted by Crippen LogP contribution is -2.43. The number of rotatable bonds is 10. The number of aromatic nitrogens is 1. The van der Waals surface area contributed by atoms with Gasteiger partial charge in [-0.2, -0.15) is 0 Å². The summed E-state index contributed by atoms with van der Waals surface area (Å²) in [5, 5.41) is 0. The van der Waals surface area contributed by atoms with Gasteiger partial charge in [0, 0.05) is 18.7 Å².